The van der Waals surface area contributed by atoms with E-state index in [9.17, 15) is 9.59 Å². The van der Waals surface area contributed by atoms with Crippen LogP contribution in [0, 0.1) is 0 Å². The first-order valence-electron chi connectivity index (χ1n) is 7.16. The van der Waals surface area contributed by atoms with Gasteiger partial charge in [-0.1, -0.05) is 25.6 Å². The minimum Gasteiger partial charge on any atom is -0.496 e. The van der Waals surface area contributed by atoms with Crippen molar-refractivity contribution in [1.82, 2.24) is 0 Å². The van der Waals surface area contributed by atoms with E-state index in [0.717, 1.165) is 0 Å². The lowest BCUT2D eigenvalue weighted by atomic mass is 10.1. The number of nitrogens with zero attached hydrogens (tertiary/aromatic N) is 1. The fraction of sp³-hybridized carbons (Fsp3) is 0.263. The third-order valence-corrected chi connectivity index (χ3v) is 3.43. The molecule has 0 aromatic heterocycles. The highest BCUT2D eigenvalue weighted by atomic mass is 16.5. The highest BCUT2D eigenvalue weighted by Crippen LogP contribution is 2.25. The monoisotopic (exact) mass is 329 g/mol. The first-order valence-corrected chi connectivity index (χ1v) is 7.16. The van der Waals surface area contributed by atoms with Crippen molar-refractivity contribution >= 4 is 17.4 Å². The minimum atomic E-state index is -0.202. The largest absolute Gasteiger partial charge is 0.496 e. The Morgan fingerprint density at radius 1 is 1.08 bits per heavy atom. The van der Waals surface area contributed by atoms with Crippen molar-refractivity contribution in [2.75, 3.05) is 25.7 Å². The number of para-hydroxylation sites is 1. The quantitative estimate of drug-likeness (QED) is 0.760. The Balaban J connectivity index is 0.00000288. The fourth-order valence-electron chi connectivity index (χ4n) is 2.08. The van der Waals surface area contributed by atoms with E-state index in [0.29, 0.717) is 22.7 Å². The van der Waals surface area contributed by atoms with Crippen LogP contribution in [0.2, 0.25) is 0 Å². The van der Waals surface area contributed by atoms with Gasteiger partial charge in [-0.25, -0.2) is 0 Å². The van der Waals surface area contributed by atoms with Crippen LogP contribution in [0.25, 0.3) is 0 Å². The number of hydrogen-bond donors (Lipinski definition) is 0. The molecule has 24 heavy (non-hydrogen) atoms. The smallest absolute Gasteiger partial charge is 0.264 e. The maximum atomic E-state index is 12.2. The molecule has 2 aromatic rings. The third kappa shape index (κ3) is 4.59. The van der Waals surface area contributed by atoms with Crippen molar-refractivity contribution in [3.05, 3.63) is 54.1 Å². The summed E-state index contributed by atoms with van der Waals surface area (Å²) in [7, 11) is 3.14. The molecular weight excluding hydrogens is 306 g/mol. The van der Waals surface area contributed by atoms with Crippen LogP contribution in [0.15, 0.2) is 48.5 Å². The molecule has 0 aliphatic heterocycles. The molecule has 0 bridgehead atoms. The number of methoxy groups -OCH3 is 1. The van der Waals surface area contributed by atoms with Crippen molar-refractivity contribution in [2.24, 2.45) is 0 Å². The summed E-state index contributed by atoms with van der Waals surface area (Å²) in [5.74, 6) is 0.790. The molecule has 0 unspecified atom stereocenters. The number of carbonyl (C=O) groups excluding carboxylic acids is 2. The second-order valence-electron chi connectivity index (χ2n) is 5.00. The molecule has 0 saturated heterocycles. The number of anilines is 1. The first kappa shape index (κ1) is 19.2. The number of Topliss-reactive ketones (excluding diaryl/α,β-unsaturated/α-hetero) is 1. The number of ketones is 1. The van der Waals surface area contributed by atoms with Crippen molar-refractivity contribution in [1.29, 1.82) is 0 Å². The van der Waals surface area contributed by atoms with E-state index in [1.165, 1.54) is 18.9 Å². The van der Waals surface area contributed by atoms with Crippen LogP contribution in [-0.4, -0.2) is 32.5 Å². The van der Waals surface area contributed by atoms with Crippen LogP contribution < -0.4 is 14.4 Å². The van der Waals surface area contributed by atoms with Crippen LogP contribution in [-0.2, 0) is 4.79 Å². The molecule has 0 atom stereocenters. The summed E-state index contributed by atoms with van der Waals surface area (Å²) in [6, 6.07) is 14.2. The molecule has 5 heteroatoms. The zero-order valence-corrected chi connectivity index (χ0v) is 13.4. The maximum Gasteiger partial charge on any atom is 0.264 e. The minimum absolute atomic E-state index is 0. The summed E-state index contributed by atoms with van der Waals surface area (Å²) in [5.41, 5.74) is 1.12. The molecule has 2 aromatic carbocycles. The lowest BCUT2D eigenvalue weighted by Gasteiger charge is -2.19. The van der Waals surface area contributed by atoms with Crippen LogP contribution in [0.4, 0.5) is 5.69 Å². The standard InChI is InChI=1S/C18H19NO4.CH4/c1-13(20)16-10-9-14(11-17(16)22-3)19(2)18(21)12-23-15-7-5-4-6-8-15;/h4-11H,12H2,1-3H3;1H4. The van der Waals surface area contributed by atoms with E-state index in [1.807, 2.05) is 18.2 Å². The van der Waals surface area contributed by atoms with Gasteiger partial charge in [-0.2, -0.15) is 0 Å². The van der Waals surface area contributed by atoms with Crippen molar-refractivity contribution in [2.45, 2.75) is 14.4 Å². The van der Waals surface area contributed by atoms with Gasteiger partial charge in [0.15, 0.2) is 12.4 Å². The summed E-state index contributed by atoms with van der Waals surface area (Å²) in [6.07, 6.45) is 0. The summed E-state index contributed by atoms with van der Waals surface area (Å²) in [6.45, 7) is 1.40. The van der Waals surface area contributed by atoms with E-state index in [1.54, 1.807) is 37.4 Å². The summed E-state index contributed by atoms with van der Waals surface area (Å²) < 4.78 is 10.7. The third-order valence-electron chi connectivity index (χ3n) is 3.43. The molecule has 0 heterocycles. The number of rotatable bonds is 6. The Labute approximate surface area is 142 Å². The van der Waals surface area contributed by atoms with Crippen molar-refractivity contribution in [3.63, 3.8) is 0 Å². The van der Waals surface area contributed by atoms with Gasteiger partial charge in [0.1, 0.15) is 11.5 Å². The lowest BCUT2D eigenvalue weighted by molar-refractivity contribution is -0.120. The maximum absolute atomic E-state index is 12.2. The zero-order chi connectivity index (χ0) is 16.8. The summed E-state index contributed by atoms with van der Waals surface area (Å²) in [5, 5.41) is 0. The lowest BCUT2D eigenvalue weighted by Crippen LogP contribution is -2.31. The molecule has 0 aliphatic rings. The SMILES string of the molecule is C.COc1cc(N(C)C(=O)COc2ccccc2)ccc1C(C)=O. The fourth-order valence-corrected chi connectivity index (χ4v) is 2.08. The highest BCUT2D eigenvalue weighted by Gasteiger charge is 2.15. The molecule has 0 spiro atoms. The average Bonchev–Trinajstić information content (AvgIpc) is 2.59. The van der Waals surface area contributed by atoms with E-state index in [2.05, 4.69) is 0 Å². The highest BCUT2D eigenvalue weighted by molar-refractivity contribution is 5.99. The molecular formula is C19H23NO4. The first-order chi connectivity index (χ1) is 11.0. The Morgan fingerprint density at radius 3 is 2.33 bits per heavy atom. The van der Waals surface area contributed by atoms with Gasteiger partial charge in [0, 0.05) is 18.8 Å². The van der Waals surface area contributed by atoms with Gasteiger partial charge in [-0.05, 0) is 31.2 Å². The van der Waals surface area contributed by atoms with E-state index in [4.69, 9.17) is 9.47 Å². The van der Waals surface area contributed by atoms with Crippen LogP contribution in [0.3, 0.4) is 0 Å². The summed E-state index contributed by atoms with van der Waals surface area (Å²) >= 11 is 0. The predicted molar refractivity (Wildman–Crippen MR) is 95.1 cm³/mol. The molecule has 128 valence electrons. The summed E-state index contributed by atoms with van der Waals surface area (Å²) in [4.78, 5) is 25.2. The average molecular weight is 329 g/mol. The Bertz CT molecular complexity index is 698. The van der Waals surface area contributed by atoms with Crippen LogP contribution in [0.1, 0.15) is 24.7 Å². The van der Waals surface area contributed by atoms with Gasteiger partial charge in [-0.15, -0.1) is 0 Å². The molecule has 0 N–H and O–H groups in total. The second kappa shape index (κ2) is 8.72. The Kier molecular flexibility index (Phi) is 6.98. The van der Waals surface area contributed by atoms with Crippen LogP contribution in [0.5, 0.6) is 11.5 Å². The topological polar surface area (TPSA) is 55.8 Å². The number of benzene rings is 2. The van der Waals surface area contributed by atoms with Gasteiger partial charge < -0.3 is 14.4 Å². The second-order valence-corrected chi connectivity index (χ2v) is 5.00. The molecule has 0 saturated carbocycles. The van der Waals surface area contributed by atoms with Gasteiger partial charge in [-0.3, -0.25) is 9.59 Å². The van der Waals surface area contributed by atoms with E-state index >= 15 is 0 Å². The van der Waals surface area contributed by atoms with Crippen molar-refractivity contribution < 1.29 is 19.1 Å². The molecule has 1 amide bonds. The number of carbonyl (C=O) groups is 2. The molecule has 0 fully saturated rings. The normalized spacial score (nSPS) is 9.62. The number of ether oxygens (including phenoxy) is 2. The molecule has 5 nitrogen and oxygen atoms in total. The number of hydrogen-bond acceptors (Lipinski definition) is 4. The van der Waals surface area contributed by atoms with Gasteiger partial charge in [0.05, 0.1) is 12.7 Å². The zero-order valence-electron chi connectivity index (χ0n) is 13.4. The van der Waals surface area contributed by atoms with Gasteiger partial charge in [0.2, 0.25) is 0 Å². The van der Waals surface area contributed by atoms with Gasteiger partial charge in [0.25, 0.3) is 5.91 Å². The molecule has 2 rings (SSSR count). The van der Waals surface area contributed by atoms with Crippen molar-refractivity contribution in [3.8, 4) is 11.5 Å². The van der Waals surface area contributed by atoms with E-state index < -0.39 is 0 Å². The Morgan fingerprint density at radius 2 is 1.75 bits per heavy atom. The molecule has 0 radical (unpaired) electrons. The number of likely N-dealkylation sites (N-methyl/N-ethyl adjacent to an activating group) is 1. The van der Waals surface area contributed by atoms with Gasteiger partial charge >= 0.3 is 0 Å². The molecule has 0 aliphatic carbocycles. The van der Waals surface area contributed by atoms with E-state index in [-0.39, 0.29) is 25.7 Å². The number of amides is 1. The van der Waals surface area contributed by atoms with Crippen LogP contribution >= 0.6 is 0 Å². The predicted octanol–water partition coefficient (Wildman–Crippen LogP) is 3.58. The Hall–Kier alpha value is -2.82.